The molecule has 0 aromatic heterocycles. The van der Waals surface area contributed by atoms with Gasteiger partial charge in [-0.3, -0.25) is 0 Å². The minimum Gasteiger partial charge on any atom is -0.319 e. The van der Waals surface area contributed by atoms with E-state index in [0.717, 1.165) is 6.54 Å². The van der Waals surface area contributed by atoms with E-state index in [0.29, 0.717) is 12.5 Å². The van der Waals surface area contributed by atoms with Gasteiger partial charge in [0.15, 0.2) is 0 Å². The Balaban J connectivity index is 3.59. The van der Waals surface area contributed by atoms with E-state index in [1.165, 1.54) is 0 Å². The van der Waals surface area contributed by atoms with Crippen molar-refractivity contribution in [3.05, 3.63) is 0 Å². The van der Waals surface area contributed by atoms with Crippen molar-refractivity contribution in [3.8, 4) is 0 Å². The van der Waals surface area contributed by atoms with Gasteiger partial charge in [-0.2, -0.15) is 13.2 Å². The average Bonchev–Trinajstić information content (AvgIpc) is 2.00. The molecule has 0 saturated heterocycles. The SMILES string of the molecule is CNCC(C)CN(C)CCC(F)(F)F. The first-order chi connectivity index (χ1) is 6.35. The van der Waals surface area contributed by atoms with Crippen LogP contribution in [0.4, 0.5) is 13.2 Å². The van der Waals surface area contributed by atoms with Crippen LogP contribution in [0.25, 0.3) is 0 Å². The first-order valence-corrected chi connectivity index (χ1v) is 4.75. The van der Waals surface area contributed by atoms with Crippen LogP contribution in [-0.4, -0.2) is 44.8 Å². The topological polar surface area (TPSA) is 15.3 Å². The quantitative estimate of drug-likeness (QED) is 0.721. The van der Waals surface area contributed by atoms with Gasteiger partial charge in [0.1, 0.15) is 0 Å². The van der Waals surface area contributed by atoms with Gasteiger partial charge in [-0.1, -0.05) is 6.92 Å². The first kappa shape index (κ1) is 13.7. The smallest absolute Gasteiger partial charge is 0.319 e. The maximum absolute atomic E-state index is 11.9. The normalized spacial score (nSPS) is 14.8. The van der Waals surface area contributed by atoms with E-state index >= 15 is 0 Å². The third kappa shape index (κ3) is 8.31. The standard InChI is InChI=1S/C9H19F3N2/c1-8(6-13-2)7-14(3)5-4-9(10,11)12/h8,13H,4-7H2,1-3H3. The number of halogens is 3. The monoisotopic (exact) mass is 212 g/mol. The zero-order valence-electron chi connectivity index (χ0n) is 8.99. The summed E-state index contributed by atoms with van der Waals surface area (Å²) in [7, 11) is 3.56. The van der Waals surface area contributed by atoms with Gasteiger partial charge in [0.25, 0.3) is 0 Å². The number of hydrogen-bond donors (Lipinski definition) is 1. The summed E-state index contributed by atoms with van der Waals surface area (Å²) in [4.78, 5) is 1.72. The van der Waals surface area contributed by atoms with Gasteiger partial charge in [-0.15, -0.1) is 0 Å². The van der Waals surface area contributed by atoms with E-state index in [4.69, 9.17) is 0 Å². The van der Waals surface area contributed by atoms with Crippen molar-refractivity contribution in [2.45, 2.75) is 19.5 Å². The molecule has 0 aliphatic rings. The molecule has 0 bridgehead atoms. The predicted octanol–water partition coefficient (Wildman–Crippen LogP) is 1.73. The molecule has 0 aromatic carbocycles. The van der Waals surface area contributed by atoms with Crippen LogP contribution in [0.2, 0.25) is 0 Å². The highest BCUT2D eigenvalue weighted by Crippen LogP contribution is 2.19. The molecule has 0 aliphatic carbocycles. The third-order valence-electron chi connectivity index (χ3n) is 1.95. The summed E-state index contributed by atoms with van der Waals surface area (Å²) in [5.41, 5.74) is 0. The fourth-order valence-corrected chi connectivity index (χ4v) is 1.35. The number of nitrogens with one attached hydrogen (secondary N) is 1. The Morgan fingerprint density at radius 1 is 1.36 bits per heavy atom. The lowest BCUT2D eigenvalue weighted by Crippen LogP contribution is -2.32. The maximum Gasteiger partial charge on any atom is 0.390 e. The molecule has 0 heterocycles. The first-order valence-electron chi connectivity index (χ1n) is 4.75. The third-order valence-corrected chi connectivity index (χ3v) is 1.95. The van der Waals surface area contributed by atoms with Crippen LogP contribution < -0.4 is 5.32 Å². The minimum atomic E-state index is -4.04. The summed E-state index contributed by atoms with van der Waals surface area (Å²) in [6.45, 7) is 3.62. The molecule has 0 saturated carbocycles. The van der Waals surface area contributed by atoms with Crippen molar-refractivity contribution in [1.82, 2.24) is 10.2 Å². The molecule has 0 spiro atoms. The molecule has 5 heteroatoms. The molecule has 0 radical (unpaired) electrons. The molecule has 1 atom stereocenters. The van der Waals surface area contributed by atoms with Crippen LogP contribution in [0.5, 0.6) is 0 Å². The van der Waals surface area contributed by atoms with Crippen LogP contribution in [-0.2, 0) is 0 Å². The molecule has 0 aromatic rings. The Hall–Kier alpha value is -0.290. The molecule has 2 nitrogen and oxygen atoms in total. The van der Waals surface area contributed by atoms with Crippen molar-refractivity contribution in [2.24, 2.45) is 5.92 Å². The highest BCUT2D eigenvalue weighted by Gasteiger charge is 2.27. The number of hydrogen-bond acceptors (Lipinski definition) is 2. The molecule has 1 N–H and O–H groups in total. The fourth-order valence-electron chi connectivity index (χ4n) is 1.35. The van der Waals surface area contributed by atoms with Crippen LogP contribution in [0.15, 0.2) is 0 Å². The summed E-state index contributed by atoms with van der Waals surface area (Å²) < 4.78 is 35.6. The Morgan fingerprint density at radius 3 is 2.36 bits per heavy atom. The van der Waals surface area contributed by atoms with E-state index < -0.39 is 12.6 Å². The van der Waals surface area contributed by atoms with Crippen molar-refractivity contribution in [2.75, 3.05) is 33.7 Å². The van der Waals surface area contributed by atoms with Gasteiger partial charge < -0.3 is 10.2 Å². The summed E-state index contributed by atoms with van der Waals surface area (Å²) in [5.74, 6) is 0.373. The van der Waals surface area contributed by atoms with Crippen LogP contribution in [0.3, 0.4) is 0 Å². The van der Waals surface area contributed by atoms with Gasteiger partial charge in [0, 0.05) is 13.1 Å². The van der Waals surface area contributed by atoms with E-state index in [1.807, 2.05) is 14.0 Å². The summed E-state index contributed by atoms with van der Waals surface area (Å²) in [5, 5.41) is 3.00. The van der Waals surface area contributed by atoms with Gasteiger partial charge >= 0.3 is 6.18 Å². The highest BCUT2D eigenvalue weighted by atomic mass is 19.4. The van der Waals surface area contributed by atoms with Crippen LogP contribution in [0.1, 0.15) is 13.3 Å². The summed E-state index contributed by atoms with van der Waals surface area (Å²) >= 11 is 0. The zero-order valence-corrected chi connectivity index (χ0v) is 8.99. The Kier molecular flexibility index (Phi) is 6.11. The number of nitrogens with zero attached hydrogens (tertiary/aromatic N) is 1. The Bertz CT molecular complexity index is 147. The van der Waals surface area contributed by atoms with Gasteiger partial charge in [-0.05, 0) is 26.6 Å². The molecule has 0 amide bonds. The predicted molar refractivity (Wildman–Crippen MR) is 51.3 cm³/mol. The van der Waals surface area contributed by atoms with Crippen molar-refractivity contribution < 1.29 is 13.2 Å². The molecular weight excluding hydrogens is 193 g/mol. The molecule has 0 aliphatic heterocycles. The highest BCUT2D eigenvalue weighted by molar-refractivity contribution is 4.62. The summed E-state index contributed by atoms with van der Waals surface area (Å²) in [6, 6.07) is 0. The van der Waals surface area contributed by atoms with E-state index in [2.05, 4.69) is 5.32 Å². The number of alkyl halides is 3. The lowest BCUT2D eigenvalue weighted by atomic mass is 10.1. The van der Waals surface area contributed by atoms with Crippen molar-refractivity contribution in [3.63, 3.8) is 0 Å². The van der Waals surface area contributed by atoms with Crippen LogP contribution >= 0.6 is 0 Å². The largest absolute Gasteiger partial charge is 0.390 e. The molecule has 0 fully saturated rings. The minimum absolute atomic E-state index is 0.0809. The lowest BCUT2D eigenvalue weighted by molar-refractivity contribution is -0.137. The van der Waals surface area contributed by atoms with Gasteiger partial charge in [0.05, 0.1) is 6.42 Å². The maximum atomic E-state index is 11.9. The lowest BCUT2D eigenvalue weighted by Gasteiger charge is -2.21. The second kappa shape index (κ2) is 6.24. The van der Waals surface area contributed by atoms with Crippen LogP contribution in [0, 0.1) is 5.92 Å². The average molecular weight is 212 g/mol. The van der Waals surface area contributed by atoms with Crippen molar-refractivity contribution >= 4 is 0 Å². The fraction of sp³-hybridized carbons (Fsp3) is 1.00. The van der Waals surface area contributed by atoms with E-state index in [1.54, 1.807) is 11.9 Å². The molecule has 86 valence electrons. The second-order valence-electron chi connectivity index (χ2n) is 3.79. The zero-order chi connectivity index (χ0) is 11.2. The van der Waals surface area contributed by atoms with Gasteiger partial charge in [0.2, 0.25) is 0 Å². The summed E-state index contributed by atoms with van der Waals surface area (Å²) in [6.07, 6.45) is -4.77. The van der Waals surface area contributed by atoms with E-state index in [-0.39, 0.29) is 6.54 Å². The second-order valence-corrected chi connectivity index (χ2v) is 3.79. The van der Waals surface area contributed by atoms with Gasteiger partial charge in [-0.25, -0.2) is 0 Å². The Morgan fingerprint density at radius 2 is 1.93 bits per heavy atom. The molecule has 14 heavy (non-hydrogen) atoms. The van der Waals surface area contributed by atoms with Crippen molar-refractivity contribution in [1.29, 1.82) is 0 Å². The molecular formula is C9H19F3N2. The molecule has 0 rings (SSSR count). The van der Waals surface area contributed by atoms with E-state index in [9.17, 15) is 13.2 Å². The Labute approximate surface area is 83.5 Å². The number of rotatable bonds is 6. The molecule has 1 unspecified atom stereocenters.